The number of hydrogen-bond donors (Lipinski definition) is 1. The molecule has 1 fully saturated rings. The fourth-order valence-electron chi connectivity index (χ4n) is 4.62. The molecule has 0 saturated carbocycles. The van der Waals surface area contributed by atoms with Crippen LogP contribution in [-0.2, 0) is 4.79 Å². The van der Waals surface area contributed by atoms with Gasteiger partial charge in [0.05, 0.1) is 11.6 Å². The molecule has 0 aliphatic carbocycles. The van der Waals surface area contributed by atoms with E-state index >= 15 is 0 Å². The third kappa shape index (κ3) is 7.34. The predicted octanol–water partition coefficient (Wildman–Crippen LogP) is 3.94. The Bertz CT molecular complexity index is 1160. The Morgan fingerprint density at radius 1 is 0.921 bits per heavy atom. The quantitative estimate of drug-likeness (QED) is 0.427. The first-order valence-corrected chi connectivity index (χ1v) is 13.3. The topological polar surface area (TPSA) is 65.1 Å². The van der Waals surface area contributed by atoms with Crippen molar-refractivity contribution in [2.24, 2.45) is 0 Å². The van der Waals surface area contributed by atoms with E-state index in [1.165, 1.54) is 16.0 Å². The summed E-state index contributed by atoms with van der Waals surface area (Å²) in [5.41, 5.74) is 2.96. The van der Waals surface area contributed by atoms with Crippen LogP contribution in [0, 0.1) is 0 Å². The predicted molar refractivity (Wildman–Crippen MR) is 151 cm³/mol. The summed E-state index contributed by atoms with van der Waals surface area (Å²) in [6, 6.07) is 26.4. The number of rotatable bonds is 10. The normalized spacial score (nSPS) is 14.3. The van der Waals surface area contributed by atoms with Crippen LogP contribution >= 0.6 is 11.6 Å². The summed E-state index contributed by atoms with van der Waals surface area (Å²) < 4.78 is 5.61. The lowest BCUT2D eigenvalue weighted by atomic mass is 9.96. The molecule has 1 heterocycles. The van der Waals surface area contributed by atoms with Crippen LogP contribution in [0.25, 0.3) is 0 Å². The number of benzene rings is 3. The second-order valence-electron chi connectivity index (χ2n) is 9.57. The molecule has 0 radical (unpaired) electrons. The monoisotopic (exact) mass is 534 g/mol. The SMILES string of the molecule is CN(C)C(=O)COc1cc(Cl)ccc1C(=O)NCCN1CCN(C(c2ccccc2)c2ccccc2)CC1. The Hall–Kier alpha value is -3.39. The molecule has 8 heteroatoms. The molecule has 3 aromatic carbocycles. The molecule has 0 aromatic heterocycles. The molecule has 0 spiro atoms. The Kier molecular flexibility index (Phi) is 9.76. The largest absolute Gasteiger partial charge is 0.483 e. The average molecular weight is 535 g/mol. The number of halogens is 1. The highest BCUT2D eigenvalue weighted by Gasteiger charge is 2.26. The van der Waals surface area contributed by atoms with Gasteiger partial charge in [0.25, 0.3) is 11.8 Å². The zero-order chi connectivity index (χ0) is 26.9. The van der Waals surface area contributed by atoms with E-state index in [1.54, 1.807) is 32.3 Å². The summed E-state index contributed by atoms with van der Waals surface area (Å²) in [6.45, 7) is 4.84. The molecule has 1 saturated heterocycles. The van der Waals surface area contributed by atoms with Crippen molar-refractivity contribution in [1.82, 2.24) is 20.0 Å². The average Bonchev–Trinajstić information content (AvgIpc) is 2.94. The first-order valence-electron chi connectivity index (χ1n) is 12.9. The lowest BCUT2D eigenvalue weighted by Crippen LogP contribution is -2.49. The number of hydrogen-bond acceptors (Lipinski definition) is 5. The summed E-state index contributed by atoms with van der Waals surface area (Å²) in [6.07, 6.45) is 0. The fraction of sp³-hybridized carbons (Fsp3) is 0.333. The maximum Gasteiger partial charge on any atom is 0.259 e. The van der Waals surface area contributed by atoms with Crippen LogP contribution in [0.5, 0.6) is 5.75 Å². The second-order valence-corrected chi connectivity index (χ2v) is 10.0. The van der Waals surface area contributed by atoms with Crippen molar-refractivity contribution in [2.45, 2.75) is 6.04 Å². The third-order valence-electron chi connectivity index (χ3n) is 6.75. The second kappa shape index (κ2) is 13.4. The molecule has 0 unspecified atom stereocenters. The Morgan fingerprint density at radius 3 is 2.11 bits per heavy atom. The number of piperazine rings is 1. The molecular formula is C30H35ClN4O3. The zero-order valence-corrected chi connectivity index (χ0v) is 22.7. The zero-order valence-electron chi connectivity index (χ0n) is 22.0. The van der Waals surface area contributed by atoms with Gasteiger partial charge in [0, 0.05) is 58.4 Å². The van der Waals surface area contributed by atoms with Gasteiger partial charge in [-0.15, -0.1) is 0 Å². The Morgan fingerprint density at radius 2 is 1.53 bits per heavy atom. The van der Waals surface area contributed by atoms with Crippen molar-refractivity contribution in [2.75, 3.05) is 60.0 Å². The van der Waals surface area contributed by atoms with Crippen LogP contribution in [0.4, 0.5) is 0 Å². The van der Waals surface area contributed by atoms with Gasteiger partial charge in [-0.2, -0.15) is 0 Å². The molecule has 3 aromatic rings. The van der Waals surface area contributed by atoms with Crippen molar-refractivity contribution < 1.29 is 14.3 Å². The van der Waals surface area contributed by atoms with Gasteiger partial charge in [-0.05, 0) is 29.3 Å². The van der Waals surface area contributed by atoms with Gasteiger partial charge in [0.15, 0.2) is 6.61 Å². The third-order valence-corrected chi connectivity index (χ3v) is 6.99. The van der Waals surface area contributed by atoms with Gasteiger partial charge in [0.2, 0.25) is 0 Å². The van der Waals surface area contributed by atoms with Gasteiger partial charge < -0.3 is 15.0 Å². The molecule has 1 aliphatic rings. The highest BCUT2D eigenvalue weighted by molar-refractivity contribution is 6.30. The van der Waals surface area contributed by atoms with Crippen LogP contribution in [0.15, 0.2) is 78.9 Å². The molecule has 7 nitrogen and oxygen atoms in total. The molecule has 38 heavy (non-hydrogen) atoms. The lowest BCUT2D eigenvalue weighted by Gasteiger charge is -2.39. The highest BCUT2D eigenvalue weighted by atomic mass is 35.5. The minimum atomic E-state index is -0.249. The molecule has 4 rings (SSSR count). The lowest BCUT2D eigenvalue weighted by molar-refractivity contribution is -0.130. The Balaban J connectivity index is 1.30. The molecule has 200 valence electrons. The maximum atomic E-state index is 12.9. The number of ether oxygens (including phenoxy) is 1. The number of nitrogens with zero attached hydrogens (tertiary/aromatic N) is 3. The first-order chi connectivity index (χ1) is 18.4. The smallest absolute Gasteiger partial charge is 0.259 e. The van der Waals surface area contributed by atoms with Crippen LogP contribution in [-0.4, -0.2) is 86.5 Å². The molecule has 0 atom stereocenters. The van der Waals surface area contributed by atoms with Crippen LogP contribution in [0.1, 0.15) is 27.5 Å². The molecular weight excluding hydrogens is 500 g/mol. The van der Waals surface area contributed by atoms with Gasteiger partial charge in [-0.25, -0.2) is 0 Å². The summed E-state index contributed by atoms with van der Waals surface area (Å²) >= 11 is 6.10. The van der Waals surface area contributed by atoms with Crippen molar-refractivity contribution in [3.05, 3.63) is 101 Å². The van der Waals surface area contributed by atoms with Crippen LogP contribution in [0.2, 0.25) is 5.02 Å². The van der Waals surface area contributed by atoms with E-state index in [9.17, 15) is 9.59 Å². The maximum absolute atomic E-state index is 12.9. The van der Waals surface area contributed by atoms with Crippen LogP contribution < -0.4 is 10.1 Å². The molecule has 1 aliphatic heterocycles. The molecule has 2 amide bonds. The van der Waals surface area contributed by atoms with E-state index in [0.29, 0.717) is 22.9 Å². The summed E-state index contributed by atoms with van der Waals surface area (Å²) in [7, 11) is 3.31. The highest BCUT2D eigenvalue weighted by Crippen LogP contribution is 2.29. The number of nitrogens with one attached hydrogen (secondary N) is 1. The van der Waals surface area contributed by atoms with E-state index in [1.807, 2.05) is 0 Å². The summed E-state index contributed by atoms with van der Waals surface area (Å²) in [5.74, 6) is -0.148. The summed E-state index contributed by atoms with van der Waals surface area (Å²) in [5, 5.41) is 3.43. The van der Waals surface area contributed by atoms with Gasteiger partial charge >= 0.3 is 0 Å². The fourth-order valence-corrected chi connectivity index (χ4v) is 4.79. The van der Waals surface area contributed by atoms with E-state index in [2.05, 4.69) is 75.8 Å². The van der Waals surface area contributed by atoms with E-state index < -0.39 is 0 Å². The van der Waals surface area contributed by atoms with E-state index in [-0.39, 0.29) is 24.5 Å². The minimum Gasteiger partial charge on any atom is -0.483 e. The van der Waals surface area contributed by atoms with Gasteiger partial charge in [-0.3, -0.25) is 19.4 Å². The molecule has 1 N–H and O–H groups in total. The van der Waals surface area contributed by atoms with Crippen molar-refractivity contribution in [3.8, 4) is 5.75 Å². The van der Waals surface area contributed by atoms with Crippen molar-refractivity contribution in [3.63, 3.8) is 0 Å². The number of amides is 2. The van der Waals surface area contributed by atoms with Gasteiger partial charge in [-0.1, -0.05) is 72.3 Å². The number of carbonyl (C=O) groups excluding carboxylic acids is 2. The standard InChI is InChI=1S/C30H35ClN4O3/c1-33(2)28(36)22-38-27-21-25(31)13-14-26(27)30(37)32-15-16-34-17-19-35(20-18-34)29(23-9-5-3-6-10-23)24-11-7-4-8-12-24/h3-14,21,29H,15-20,22H2,1-2H3,(H,32,37). The first kappa shape index (κ1) is 27.6. The van der Waals surface area contributed by atoms with Gasteiger partial charge in [0.1, 0.15) is 5.75 Å². The number of likely N-dealkylation sites (N-methyl/N-ethyl adjacent to an activating group) is 1. The summed E-state index contributed by atoms with van der Waals surface area (Å²) in [4.78, 5) is 31.2. The Labute approximate surface area is 229 Å². The minimum absolute atomic E-state index is 0.162. The number of carbonyl (C=O) groups is 2. The van der Waals surface area contributed by atoms with E-state index in [4.69, 9.17) is 16.3 Å². The molecule has 0 bridgehead atoms. The van der Waals surface area contributed by atoms with Crippen molar-refractivity contribution >= 4 is 23.4 Å². The van der Waals surface area contributed by atoms with E-state index in [0.717, 1.165) is 32.7 Å². The van der Waals surface area contributed by atoms with Crippen molar-refractivity contribution in [1.29, 1.82) is 0 Å². The van der Waals surface area contributed by atoms with Crippen LogP contribution in [0.3, 0.4) is 0 Å².